The first-order valence-corrected chi connectivity index (χ1v) is 8.35. The molecule has 1 aliphatic heterocycles. The van der Waals surface area contributed by atoms with Crippen molar-refractivity contribution >= 4 is 5.91 Å². The van der Waals surface area contributed by atoms with E-state index in [9.17, 15) is 4.79 Å². The van der Waals surface area contributed by atoms with Crippen LogP contribution in [0.3, 0.4) is 0 Å². The summed E-state index contributed by atoms with van der Waals surface area (Å²) in [5.41, 5.74) is 0.907. The predicted molar refractivity (Wildman–Crippen MR) is 89.4 cm³/mol. The first-order valence-electron chi connectivity index (χ1n) is 8.35. The van der Waals surface area contributed by atoms with E-state index in [1.54, 1.807) is 0 Å². The molecule has 2 N–H and O–H groups in total. The highest BCUT2D eigenvalue weighted by molar-refractivity contribution is 5.94. The molecular formula is C18H28N2O2. The van der Waals surface area contributed by atoms with Crippen molar-refractivity contribution in [1.29, 1.82) is 0 Å². The topological polar surface area (TPSA) is 50.4 Å². The summed E-state index contributed by atoms with van der Waals surface area (Å²) in [6.45, 7) is 7.93. The number of hydrogen-bond acceptors (Lipinski definition) is 3. The normalized spacial score (nSPS) is 17.0. The Bertz CT molecular complexity index is 464. The van der Waals surface area contributed by atoms with E-state index in [1.165, 1.54) is 0 Å². The fourth-order valence-corrected chi connectivity index (χ4v) is 2.64. The SMILES string of the molecule is CCCCOc1ccc(C(=O)NCC2(C)CCNCC2)cc1. The van der Waals surface area contributed by atoms with Gasteiger partial charge < -0.3 is 15.4 Å². The van der Waals surface area contributed by atoms with E-state index in [0.29, 0.717) is 5.56 Å². The highest BCUT2D eigenvalue weighted by Gasteiger charge is 2.27. The first-order chi connectivity index (χ1) is 10.6. The fraction of sp³-hybridized carbons (Fsp3) is 0.611. The van der Waals surface area contributed by atoms with Gasteiger partial charge in [-0.05, 0) is 62.0 Å². The van der Waals surface area contributed by atoms with Crippen LogP contribution in [0.2, 0.25) is 0 Å². The van der Waals surface area contributed by atoms with E-state index in [4.69, 9.17) is 4.74 Å². The summed E-state index contributed by atoms with van der Waals surface area (Å²) in [4.78, 5) is 12.2. The molecule has 122 valence electrons. The Labute approximate surface area is 133 Å². The second-order valence-electron chi connectivity index (χ2n) is 6.47. The van der Waals surface area contributed by atoms with Crippen LogP contribution in [0.25, 0.3) is 0 Å². The molecule has 0 aliphatic carbocycles. The zero-order valence-corrected chi connectivity index (χ0v) is 13.8. The van der Waals surface area contributed by atoms with E-state index in [2.05, 4.69) is 24.5 Å². The van der Waals surface area contributed by atoms with Crippen LogP contribution in [0, 0.1) is 5.41 Å². The van der Waals surface area contributed by atoms with Gasteiger partial charge in [-0.3, -0.25) is 4.79 Å². The van der Waals surface area contributed by atoms with Gasteiger partial charge in [0.25, 0.3) is 5.91 Å². The van der Waals surface area contributed by atoms with Gasteiger partial charge in [0.2, 0.25) is 0 Å². The molecule has 2 rings (SSSR count). The molecule has 1 aromatic carbocycles. The average molecular weight is 304 g/mol. The average Bonchev–Trinajstić information content (AvgIpc) is 2.54. The molecule has 1 saturated heterocycles. The number of amides is 1. The van der Waals surface area contributed by atoms with Crippen LogP contribution >= 0.6 is 0 Å². The van der Waals surface area contributed by atoms with Crippen LogP contribution in [0.5, 0.6) is 5.75 Å². The fourth-order valence-electron chi connectivity index (χ4n) is 2.64. The second kappa shape index (κ2) is 8.18. The lowest BCUT2D eigenvalue weighted by atomic mass is 9.81. The molecule has 0 unspecified atom stereocenters. The van der Waals surface area contributed by atoms with Gasteiger partial charge in [0.1, 0.15) is 5.75 Å². The van der Waals surface area contributed by atoms with Gasteiger partial charge in [0, 0.05) is 12.1 Å². The van der Waals surface area contributed by atoms with Crippen LogP contribution in [0.1, 0.15) is 49.9 Å². The van der Waals surface area contributed by atoms with E-state index in [0.717, 1.165) is 57.7 Å². The van der Waals surface area contributed by atoms with E-state index < -0.39 is 0 Å². The number of carbonyl (C=O) groups is 1. The highest BCUT2D eigenvalue weighted by atomic mass is 16.5. The van der Waals surface area contributed by atoms with Gasteiger partial charge >= 0.3 is 0 Å². The second-order valence-corrected chi connectivity index (χ2v) is 6.47. The van der Waals surface area contributed by atoms with Crippen LogP contribution in [-0.2, 0) is 0 Å². The van der Waals surface area contributed by atoms with E-state index in [1.807, 2.05) is 24.3 Å². The number of unbranched alkanes of at least 4 members (excludes halogenated alkanes) is 1. The Morgan fingerprint density at radius 3 is 2.59 bits per heavy atom. The Hall–Kier alpha value is -1.55. The van der Waals surface area contributed by atoms with Crippen molar-refractivity contribution in [3.63, 3.8) is 0 Å². The molecule has 0 spiro atoms. The summed E-state index contributed by atoms with van der Waals surface area (Å²) in [7, 11) is 0. The molecule has 0 saturated carbocycles. The maximum atomic E-state index is 12.2. The highest BCUT2D eigenvalue weighted by Crippen LogP contribution is 2.26. The predicted octanol–water partition coefficient (Wildman–Crippen LogP) is 2.99. The van der Waals surface area contributed by atoms with Crippen molar-refractivity contribution in [2.24, 2.45) is 5.41 Å². The quantitative estimate of drug-likeness (QED) is 0.761. The molecule has 4 heteroatoms. The Kier molecular flexibility index (Phi) is 6.25. The van der Waals surface area contributed by atoms with Crippen LogP contribution < -0.4 is 15.4 Å². The van der Waals surface area contributed by atoms with Gasteiger partial charge in [-0.15, -0.1) is 0 Å². The van der Waals surface area contributed by atoms with E-state index >= 15 is 0 Å². The number of carbonyl (C=O) groups excluding carboxylic acids is 1. The maximum Gasteiger partial charge on any atom is 0.251 e. The zero-order chi connectivity index (χ0) is 15.8. The molecule has 0 radical (unpaired) electrons. The molecule has 22 heavy (non-hydrogen) atoms. The monoisotopic (exact) mass is 304 g/mol. The maximum absolute atomic E-state index is 12.2. The Morgan fingerprint density at radius 2 is 1.95 bits per heavy atom. The van der Waals surface area contributed by atoms with Crippen molar-refractivity contribution in [2.75, 3.05) is 26.2 Å². The molecule has 1 fully saturated rings. The van der Waals surface area contributed by atoms with Crippen molar-refractivity contribution in [3.8, 4) is 5.75 Å². The smallest absolute Gasteiger partial charge is 0.251 e. The minimum atomic E-state index is -0.000124. The largest absolute Gasteiger partial charge is 0.494 e. The minimum absolute atomic E-state index is 0.000124. The molecule has 0 atom stereocenters. The van der Waals surface area contributed by atoms with Crippen molar-refractivity contribution in [3.05, 3.63) is 29.8 Å². The molecule has 4 nitrogen and oxygen atoms in total. The number of hydrogen-bond donors (Lipinski definition) is 2. The Morgan fingerprint density at radius 1 is 1.27 bits per heavy atom. The summed E-state index contributed by atoms with van der Waals surface area (Å²) in [6, 6.07) is 7.41. The lowest BCUT2D eigenvalue weighted by Gasteiger charge is -2.34. The summed E-state index contributed by atoms with van der Waals surface area (Å²) in [6.07, 6.45) is 4.39. The van der Waals surface area contributed by atoms with Gasteiger partial charge in [-0.1, -0.05) is 20.3 Å². The van der Waals surface area contributed by atoms with E-state index in [-0.39, 0.29) is 11.3 Å². The molecule has 0 bridgehead atoms. The number of nitrogens with one attached hydrogen (secondary N) is 2. The first kappa shape index (κ1) is 16.8. The van der Waals surface area contributed by atoms with Crippen LogP contribution in [0.4, 0.5) is 0 Å². The van der Waals surface area contributed by atoms with Crippen molar-refractivity contribution in [2.45, 2.75) is 39.5 Å². The number of piperidine rings is 1. The summed E-state index contributed by atoms with van der Waals surface area (Å²) >= 11 is 0. The van der Waals surface area contributed by atoms with Crippen LogP contribution in [0.15, 0.2) is 24.3 Å². The molecule has 0 aromatic heterocycles. The lowest BCUT2D eigenvalue weighted by Crippen LogP contribution is -2.42. The summed E-state index contributed by atoms with van der Waals surface area (Å²) in [5, 5.41) is 6.43. The summed E-state index contributed by atoms with van der Waals surface area (Å²) in [5.74, 6) is 0.829. The standard InChI is InChI=1S/C18H28N2O2/c1-3-4-13-22-16-7-5-15(6-8-16)17(21)20-14-18(2)9-11-19-12-10-18/h5-8,19H,3-4,9-14H2,1-2H3,(H,20,21). The molecule has 1 aliphatic rings. The number of ether oxygens (including phenoxy) is 1. The van der Waals surface area contributed by atoms with Crippen molar-refractivity contribution in [1.82, 2.24) is 10.6 Å². The van der Waals surface area contributed by atoms with Gasteiger partial charge in [0.05, 0.1) is 6.61 Å². The van der Waals surface area contributed by atoms with Crippen LogP contribution in [-0.4, -0.2) is 32.1 Å². The third kappa shape index (κ3) is 5.02. The number of rotatable bonds is 7. The molecule has 1 heterocycles. The summed E-state index contributed by atoms with van der Waals surface area (Å²) < 4.78 is 5.61. The third-order valence-electron chi connectivity index (χ3n) is 4.37. The zero-order valence-electron chi connectivity index (χ0n) is 13.8. The molecule has 1 amide bonds. The van der Waals surface area contributed by atoms with Gasteiger partial charge in [-0.25, -0.2) is 0 Å². The number of benzene rings is 1. The third-order valence-corrected chi connectivity index (χ3v) is 4.37. The van der Waals surface area contributed by atoms with Gasteiger partial charge in [0.15, 0.2) is 0 Å². The lowest BCUT2D eigenvalue weighted by molar-refractivity contribution is 0.0922. The molecular weight excluding hydrogens is 276 g/mol. The Balaban J connectivity index is 1.81. The minimum Gasteiger partial charge on any atom is -0.494 e. The van der Waals surface area contributed by atoms with Gasteiger partial charge in [-0.2, -0.15) is 0 Å². The molecule has 1 aromatic rings. The van der Waals surface area contributed by atoms with Crippen molar-refractivity contribution < 1.29 is 9.53 Å².